The smallest absolute Gasteiger partial charge is 0.514 e. The zero-order valence-corrected chi connectivity index (χ0v) is 28.9. The number of nitrogens with zero attached hydrogens (tertiary/aromatic N) is 2. The van der Waals surface area contributed by atoms with E-state index in [0.717, 1.165) is 0 Å². The fourth-order valence-electron chi connectivity index (χ4n) is 1.94. The molecule has 2 unspecified atom stereocenters. The van der Waals surface area contributed by atoms with E-state index in [1.165, 1.54) is 11.8 Å². The molecule has 196 valence electrons. The van der Waals surface area contributed by atoms with Crippen molar-refractivity contribution >= 4 is 97.3 Å². The third kappa shape index (κ3) is 15.7. The minimum Gasteiger partial charge on any atom is -0.514 e. The molecule has 2 aliphatic heterocycles. The number of thioether (sulfide) groups is 1. The normalized spacial score (nSPS) is 18.1. The first-order chi connectivity index (χ1) is 15.1. The predicted molar refractivity (Wildman–Crippen MR) is 153 cm³/mol. The Labute approximate surface area is 280 Å². The fourth-order valence-corrected chi connectivity index (χ4v) is 3.59. The molecule has 2 heterocycles. The van der Waals surface area contributed by atoms with E-state index in [9.17, 15) is 9.59 Å². The van der Waals surface area contributed by atoms with Crippen molar-refractivity contribution in [3.8, 4) is 0 Å². The number of alkyl halides is 1. The second-order valence-corrected chi connectivity index (χ2v) is 11.9. The van der Waals surface area contributed by atoms with Gasteiger partial charge in [-0.1, -0.05) is 35.1 Å². The Morgan fingerprint density at radius 3 is 1.63 bits per heavy atom. The zero-order valence-electron chi connectivity index (χ0n) is 20.9. The quantitative estimate of drug-likeness (QED) is 0.144. The first-order valence-electron chi connectivity index (χ1n) is 10.0. The number of esters is 2. The largest absolute Gasteiger partial charge is 1.00 e. The standard InChI is InChI=1S/C10H15NO3S2.C7H10BrNO2.C3H6OS2.CH4.K/c1-5-13-9(15)16-6(2)7-11-10(3,4)8(12)14-7;1-4(8)5-9-7(2,3)6(10)11-5;1-2-4-3(5)6;;/h6H,5H2,1-4H3;4H,1-3H3;2H2,1H3,(H,5,6);1H4;/q;;;;+1/p-1. The second kappa shape index (κ2) is 18.9. The summed E-state index contributed by atoms with van der Waals surface area (Å²) in [7, 11) is 0. The Morgan fingerprint density at radius 1 is 1.00 bits per heavy atom. The van der Waals surface area contributed by atoms with Crippen molar-refractivity contribution in [1.82, 2.24) is 0 Å². The van der Waals surface area contributed by atoms with E-state index >= 15 is 0 Å². The molecule has 2 atom stereocenters. The molecule has 35 heavy (non-hydrogen) atoms. The molecular formula is C21H34BrKN2O6S4. The van der Waals surface area contributed by atoms with Crippen molar-refractivity contribution in [3.63, 3.8) is 0 Å². The molecule has 0 saturated heterocycles. The molecule has 0 spiro atoms. The van der Waals surface area contributed by atoms with Crippen LogP contribution in [0.15, 0.2) is 9.98 Å². The van der Waals surface area contributed by atoms with Gasteiger partial charge in [0.25, 0.3) is 0 Å². The van der Waals surface area contributed by atoms with E-state index < -0.39 is 11.1 Å². The van der Waals surface area contributed by atoms with Crippen LogP contribution in [0.5, 0.6) is 0 Å². The molecule has 2 aliphatic rings. The molecule has 0 amide bonds. The maximum Gasteiger partial charge on any atom is 1.00 e. The summed E-state index contributed by atoms with van der Waals surface area (Å²) >= 11 is 18.4. The van der Waals surface area contributed by atoms with Crippen LogP contribution in [0.4, 0.5) is 0 Å². The van der Waals surface area contributed by atoms with Gasteiger partial charge in [0.05, 0.1) is 23.3 Å². The SMILES string of the molecule is C.CC(Br)C1=NC(C)(C)C(=O)O1.CCOC(=S)SC(C)C1=NC(C)(C)C(=O)O1.CCOC(=S)[S-].[K+]. The van der Waals surface area contributed by atoms with Crippen molar-refractivity contribution in [1.29, 1.82) is 0 Å². The summed E-state index contributed by atoms with van der Waals surface area (Å²) < 4.78 is 20.4. The van der Waals surface area contributed by atoms with Crippen molar-refractivity contribution in [3.05, 3.63) is 0 Å². The van der Waals surface area contributed by atoms with Crippen molar-refractivity contribution in [2.75, 3.05) is 13.2 Å². The van der Waals surface area contributed by atoms with Crippen LogP contribution < -0.4 is 51.4 Å². The van der Waals surface area contributed by atoms with E-state index in [0.29, 0.717) is 29.4 Å². The van der Waals surface area contributed by atoms with Gasteiger partial charge in [0.15, 0.2) is 11.1 Å². The maximum atomic E-state index is 11.4. The molecule has 0 aliphatic carbocycles. The van der Waals surface area contributed by atoms with Crippen LogP contribution >= 0.6 is 52.1 Å². The molecule has 2 rings (SSSR count). The Morgan fingerprint density at radius 2 is 1.40 bits per heavy atom. The van der Waals surface area contributed by atoms with Crippen molar-refractivity contribution in [2.24, 2.45) is 9.98 Å². The van der Waals surface area contributed by atoms with Gasteiger partial charge in [-0.05, 0) is 67.6 Å². The van der Waals surface area contributed by atoms with Gasteiger partial charge in [0.2, 0.25) is 16.2 Å². The van der Waals surface area contributed by atoms with Gasteiger partial charge in [0.1, 0.15) is 0 Å². The molecule has 0 fully saturated rings. The molecular weight excluding hydrogens is 624 g/mol. The summed E-state index contributed by atoms with van der Waals surface area (Å²) in [5.41, 5.74) is -1.48. The monoisotopic (exact) mass is 656 g/mol. The Bertz CT molecular complexity index is 807. The van der Waals surface area contributed by atoms with Gasteiger partial charge >= 0.3 is 63.3 Å². The van der Waals surface area contributed by atoms with E-state index in [1.54, 1.807) is 27.7 Å². The number of halogens is 1. The summed E-state index contributed by atoms with van der Waals surface area (Å²) in [5.74, 6) is 0.290. The summed E-state index contributed by atoms with van der Waals surface area (Å²) in [6.07, 6.45) is 0. The van der Waals surface area contributed by atoms with E-state index in [2.05, 4.69) is 55.5 Å². The molecule has 0 saturated carbocycles. The van der Waals surface area contributed by atoms with Gasteiger partial charge in [0, 0.05) is 4.38 Å². The third-order valence-corrected chi connectivity index (χ3v) is 5.56. The topological polar surface area (TPSA) is 95.8 Å². The Kier molecular flexibility index (Phi) is 21.7. The van der Waals surface area contributed by atoms with Crippen LogP contribution in [0.2, 0.25) is 0 Å². The molecule has 0 aromatic carbocycles. The molecule has 0 aromatic heterocycles. The summed E-state index contributed by atoms with van der Waals surface area (Å²) in [6.45, 7) is 15.5. The van der Waals surface area contributed by atoms with Crippen molar-refractivity contribution < 1.29 is 79.9 Å². The fraction of sp³-hybridized carbons (Fsp3) is 0.714. The maximum absolute atomic E-state index is 11.4. The third-order valence-electron chi connectivity index (χ3n) is 3.66. The van der Waals surface area contributed by atoms with Crippen LogP contribution in [0.1, 0.15) is 62.8 Å². The number of thiocarbonyl (C=S) groups is 2. The van der Waals surface area contributed by atoms with Crippen LogP contribution in [0, 0.1) is 0 Å². The average Bonchev–Trinajstić information content (AvgIpc) is 3.10. The molecule has 0 radical (unpaired) electrons. The van der Waals surface area contributed by atoms with Crippen LogP contribution in [0.25, 0.3) is 0 Å². The number of hydrogen-bond donors (Lipinski definition) is 0. The van der Waals surface area contributed by atoms with E-state index in [4.69, 9.17) is 26.4 Å². The van der Waals surface area contributed by atoms with Crippen LogP contribution in [0.3, 0.4) is 0 Å². The van der Waals surface area contributed by atoms with Crippen LogP contribution in [-0.2, 0) is 41.2 Å². The number of aliphatic imine (C=N–C) groups is 2. The van der Waals surface area contributed by atoms with Gasteiger partial charge in [-0.3, -0.25) is 0 Å². The molecule has 0 N–H and O–H groups in total. The first-order valence-corrected chi connectivity index (χ1v) is 13.0. The Hall–Kier alpha value is 0.746. The first kappa shape index (κ1) is 40.2. The number of hydrogen-bond acceptors (Lipinski definition) is 12. The summed E-state index contributed by atoms with van der Waals surface area (Å²) in [4.78, 5) is 30.8. The van der Waals surface area contributed by atoms with E-state index in [1.807, 2.05) is 27.7 Å². The van der Waals surface area contributed by atoms with Crippen molar-refractivity contribution in [2.45, 2.75) is 84.0 Å². The van der Waals surface area contributed by atoms with E-state index in [-0.39, 0.29) is 85.2 Å². The molecule has 0 bridgehead atoms. The number of carbonyl (C=O) groups is 2. The molecule has 14 heteroatoms. The second-order valence-electron chi connectivity index (χ2n) is 7.54. The summed E-state index contributed by atoms with van der Waals surface area (Å²) in [6, 6.07) is 0. The minimum absolute atomic E-state index is 0. The molecule has 0 aromatic rings. The summed E-state index contributed by atoms with van der Waals surface area (Å²) in [5, 5.41) is -0.107. The number of cyclic esters (lactones) is 2. The average molecular weight is 658 g/mol. The van der Waals surface area contributed by atoms with Gasteiger partial charge in [-0.25, -0.2) is 19.6 Å². The number of ether oxygens (including phenoxy) is 4. The zero-order chi connectivity index (χ0) is 26.0. The number of carbonyl (C=O) groups excluding carboxylic acids is 2. The van der Waals surface area contributed by atoms with Gasteiger partial charge < -0.3 is 43.8 Å². The number of rotatable bonds is 5. The minimum atomic E-state index is -0.780. The predicted octanol–water partition coefficient (Wildman–Crippen LogP) is 2.16. The van der Waals surface area contributed by atoms with Crippen LogP contribution in [-0.4, -0.2) is 66.9 Å². The van der Waals surface area contributed by atoms with Gasteiger partial charge in [-0.15, -0.1) is 0 Å². The Balaban J connectivity index is -0.000000471. The van der Waals surface area contributed by atoms with Gasteiger partial charge in [-0.2, -0.15) is 0 Å². The molecule has 8 nitrogen and oxygen atoms in total.